The first-order chi connectivity index (χ1) is 14.2. The number of carbonyl (C=O) groups excluding carboxylic acids is 4. The molecule has 1 heterocycles. The smallest absolute Gasteiger partial charge is 0.327 e. The molecule has 2 aromatic rings. The molecule has 0 bridgehead atoms. The van der Waals surface area contributed by atoms with Gasteiger partial charge < -0.3 is 15.4 Å². The van der Waals surface area contributed by atoms with Gasteiger partial charge in [0.2, 0.25) is 0 Å². The highest BCUT2D eigenvalue weighted by molar-refractivity contribution is 6.09. The molecule has 4 amide bonds. The lowest BCUT2D eigenvalue weighted by atomic mass is 9.92. The average Bonchev–Trinajstić information content (AvgIpc) is 2.92. The molecule has 2 aromatic carbocycles. The van der Waals surface area contributed by atoms with Gasteiger partial charge in [0.25, 0.3) is 11.8 Å². The van der Waals surface area contributed by atoms with Gasteiger partial charge in [0, 0.05) is 5.69 Å². The number of nitrogens with zero attached hydrogens (tertiary/aromatic N) is 1. The molecule has 1 saturated heterocycles. The predicted octanol–water partition coefficient (Wildman–Crippen LogP) is 2.33. The lowest BCUT2D eigenvalue weighted by molar-refractivity contribution is -0.155. The largest absolute Gasteiger partial charge is 0.451 e. The van der Waals surface area contributed by atoms with E-state index in [9.17, 15) is 19.2 Å². The molecule has 0 spiro atoms. The van der Waals surface area contributed by atoms with Crippen molar-refractivity contribution in [2.45, 2.75) is 32.4 Å². The summed E-state index contributed by atoms with van der Waals surface area (Å²) in [6.07, 6.45) is -1.10. The van der Waals surface area contributed by atoms with Gasteiger partial charge in [-0.2, -0.15) is 0 Å². The molecule has 1 aliphatic heterocycles. The van der Waals surface area contributed by atoms with Crippen LogP contribution in [-0.4, -0.2) is 41.4 Å². The van der Waals surface area contributed by atoms with E-state index in [-0.39, 0.29) is 0 Å². The van der Waals surface area contributed by atoms with Crippen LogP contribution in [0.5, 0.6) is 0 Å². The monoisotopic (exact) mass is 409 g/mol. The number of urea groups is 1. The number of amides is 4. The standard InChI is InChI=1S/C22H23N3O5/c1-14-8-7-11-17(12-14)23-19(27)15(2)30-18(26)13-25-20(28)22(3,24-21(25)29)16-9-5-4-6-10-16/h4-12,15H,13H2,1-3H3,(H,23,27)(H,24,29)/t15-,22+/m1/s1. The van der Waals surface area contributed by atoms with Crippen molar-refractivity contribution in [1.82, 2.24) is 10.2 Å². The summed E-state index contributed by atoms with van der Waals surface area (Å²) in [4.78, 5) is 50.5. The Hall–Kier alpha value is -3.68. The van der Waals surface area contributed by atoms with Gasteiger partial charge in [-0.1, -0.05) is 42.5 Å². The van der Waals surface area contributed by atoms with Crippen LogP contribution in [0.1, 0.15) is 25.0 Å². The SMILES string of the molecule is Cc1cccc(NC(=O)[C@@H](C)OC(=O)CN2C(=O)N[C@@](C)(c3ccccc3)C2=O)c1. The lowest BCUT2D eigenvalue weighted by Crippen LogP contribution is -2.42. The number of hydrogen-bond donors (Lipinski definition) is 2. The number of esters is 1. The van der Waals surface area contributed by atoms with Gasteiger partial charge in [-0.15, -0.1) is 0 Å². The van der Waals surface area contributed by atoms with Gasteiger partial charge in [0.05, 0.1) is 0 Å². The molecule has 0 radical (unpaired) electrons. The predicted molar refractivity (Wildman–Crippen MR) is 109 cm³/mol. The van der Waals surface area contributed by atoms with Crippen molar-refractivity contribution in [1.29, 1.82) is 0 Å². The normalized spacial score (nSPS) is 19.2. The molecular weight excluding hydrogens is 386 g/mol. The number of ether oxygens (including phenoxy) is 1. The van der Waals surface area contributed by atoms with Crippen LogP contribution < -0.4 is 10.6 Å². The van der Waals surface area contributed by atoms with Crippen molar-refractivity contribution >= 4 is 29.5 Å². The number of hydrogen-bond acceptors (Lipinski definition) is 5. The van der Waals surface area contributed by atoms with E-state index in [1.807, 2.05) is 13.0 Å². The summed E-state index contributed by atoms with van der Waals surface area (Å²) in [6.45, 7) is 4.30. The Bertz CT molecular complexity index is 991. The van der Waals surface area contributed by atoms with Crippen LogP contribution >= 0.6 is 0 Å². The van der Waals surface area contributed by atoms with Gasteiger partial charge >= 0.3 is 12.0 Å². The number of aryl methyl sites for hydroxylation is 1. The van der Waals surface area contributed by atoms with Crippen LogP contribution in [0.25, 0.3) is 0 Å². The van der Waals surface area contributed by atoms with E-state index in [0.717, 1.165) is 10.5 Å². The third-order valence-electron chi connectivity index (χ3n) is 4.88. The number of rotatable bonds is 6. The third kappa shape index (κ3) is 4.32. The maximum atomic E-state index is 12.8. The Morgan fingerprint density at radius 1 is 1.13 bits per heavy atom. The van der Waals surface area contributed by atoms with Crippen molar-refractivity contribution in [2.75, 3.05) is 11.9 Å². The van der Waals surface area contributed by atoms with E-state index in [4.69, 9.17) is 4.74 Å². The summed E-state index contributed by atoms with van der Waals surface area (Å²) in [6, 6.07) is 15.2. The quantitative estimate of drug-likeness (QED) is 0.563. The molecule has 0 aromatic heterocycles. The molecule has 1 fully saturated rings. The molecule has 0 unspecified atom stereocenters. The zero-order valence-corrected chi connectivity index (χ0v) is 17.0. The van der Waals surface area contributed by atoms with Crippen molar-refractivity contribution in [3.05, 3.63) is 65.7 Å². The Kier molecular flexibility index (Phi) is 5.86. The fraction of sp³-hybridized carbons (Fsp3) is 0.273. The maximum Gasteiger partial charge on any atom is 0.327 e. The number of carbonyl (C=O) groups is 4. The van der Waals surface area contributed by atoms with Gasteiger partial charge in [-0.05, 0) is 44.0 Å². The summed E-state index contributed by atoms with van der Waals surface area (Å²) in [5.74, 6) is -1.93. The second kappa shape index (κ2) is 8.36. The Balaban J connectivity index is 1.61. The minimum absolute atomic E-state index is 0.514. The zero-order chi connectivity index (χ0) is 21.9. The topological polar surface area (TPSA) is 105 Å². The molecule has 30 heavy (non-hydrogen) atoms. The molecule has 0 saturated carbocycles. The van der Waals surface area contributed by atoms with Gasteiger partial charge in [0.15, 0.2) is 6.10 Å². The number of benzene rings is 2. The number of imide groups is 1. The average molecular weight is 409 g/mol. The van der Waals surface area contributed by atoms with Gasteiger partial charge in [-0.3, -0.25) is 19.3 Å². The minimum Gasteiger partial charge on any atom is -0.451 e. The van der Waals surface area contributed by atoms with Crippen LogP contribution in [0.15, 0.2) is 54.6 Å². The van der Waals surface area contributed by atoms with E-state index in [2.05, 4.69) is 10.6 Å². The van der Waals surface area contributed by atoms with E-state index in [1.54, 1.807) is 55.5 Å². The van der Waals surface area contributed by atoms with Crippen molar-refractivity contribution in [2.24, 2.45) is 0 Å². The van der Waals surface area contributed by atoms with Crippen LogP contribution in [0.2, 0.25) is 0 Å². The number of nitrogens with one attached hydrogen (secondary N) is 2. The second-order valence-corrected chi connectivity index (χ2v) is 7.30. The fourth-order valence-corrected chi connectivity index (χ4v) is 3.19. The molecule has 2 N–H and O–H groups in total. The zero-order valence-electron chi connectivity index (χ0n) is 17.0. The molecule has 8 nitrogen and oxygen atoms in total. The van der Waals surface area contributed by atoms with Crippen LogP contribution in [0.4, 0.5) is 10.5 Å². The molecular formula is C22H23N3O5. The summed E-state index contributed by atoms with van der Waals surface area (Å²) < 4.78 is 5.12. The van der Waals surface area contributed by atoms with E-state index in [0.29, 0.717) is 11.3 Å². The molecule has 0 aliphatic carbocycles. The molecule has 156 valence electrons. The lowest BCUT2D eigenvalue weighted by Gasteiger charge is -2.22. The van der Waals surface area contributed by atoms with Gasteiger partial charge in [0.1, 0.15) is 12.1 Å². The Morgan fingerprint density at radius 2 is 1.83 bits per heavy atom. The minimum atomic E-state index is -1.27. The highest BCUT2D eigenvalue weighted by Gasteiger charge is 2.49. The Morgan fingerprint density at radius 3 is 2.50 bits per heavy atom. The molecule has 3 rings (SSSR count). The second-order valence-electron chi connectivity index (χ2n) is 7.30. The fourth-order valence-electron chi connectivity index (χ4n) is 3.19. The van der Waals surface area contributed by atoms with Crippen molar-refractivity contribution in [3.8, 4) is 0 Å². The first-order valence-electron chi connectivity index (χ1n) is 9.47. The first kappa shape index (κ1) is 21.0. The first-order valence-corrected chi connectivity index (χ1v) is 9.47. The van der Waals surface area contributed by atoms with E-state index in [1.165, 1.54) is 6.92 Å². The maximum absolute atomic E-state index is 12.8. The van der Waals surface area contributed by atoms with Crippen LogP contribution in [0, 0.1) is 6.92 Å². The molecule has 2 atom stereocenters. The van der Waals surface area contributed by atoms with Crippen molar-refractivity contribution in [3.63, 3.8) is 0 Å². The molecule has 1 aliphatic rings. The molecule has 8 heteroatoms. The summed E-state index contributed by atoms with van der Waals surface area (Å²) in [7, 11) is 0. The van der Waals surface area contributed by atoms with Crippen molar-refractivity contribution < 1.29 is 23.9 Å². The Labute approximate surface area is 174 Å². The summed E-state index contributed by atoms with van der Waals surface area (Å²) >= 11 is 0. The third-order valence-corrected chi connectivity index (χ3v) is 4.88. The summed E-state index contributed by atoms with van der Waals surface area (Å²) in [5.41, 5.74) is 0.880. The number of anilines is 1. The van der Waals surface area contributed by atoms with E-state index >= 15 is 0 Å². The van der Waals surface area contributed by atoms with Crippen LogP contribution in [-0.2, 0) is 24.7 Å². The van der Waals surface area contributed by atoms with E-state index < -0.39 is 42.0 Å². The van der Waals surface area contributed by atoms with Gasteiger partial charge in [-0.25, -0.2) is 4.79 Å². The van der Waals surface area contributed by atoms with Crippen LogP contribution in [0.3, 0.4) is 0 Å². The highest BCUT2D eigenvalue weighted by Crippen LogP contribution is 2.28. The highest BCUT2D eigenvalue weighted by atomic mass is 16.5. The summed E-state index contributed by atoms with van der Waals surface area (Å²) in [5, 5.41) is 5.27.